The molecule has 2 saturated carbocycles. The molecular weight excluding hydrogens is 224 g/mol. The molecule has 3 nitrogen and oxygen atoms in total. The third kappa shape index (κ3) is 2.22. The van der Waals surface area contributed by atoms with Crippen LogP contribution in [0.3, 0.4) is 0 Å². The molecule has 0 saturated heterocycles. The Morgan fingerprint density at radius 2 is 2.22 bits per heavy atom. The van der Waals surface area contributed by atoms with Crippen LogP contribution >= 0.6 is 0 Å². The molecule has 0 radical (unpaired) electrons. The molecule has 0 aliphatic heterocycles. The van der Waals surface area contributed by atoms with Gasteiger partial charge >= 0.3 is 0 Å². The lowest BCUT2D eigenvalue weighted by Crippen LogP contribution is -2.31. The number of nitrogens with one attached hydrogen (secondary N) is 1. The molecule has 3 atom stereocenters. The first-order valence-corrected chi connectivity index (χ1v) is 6.86. The smallest absolute Gasteiger partial charge is 0.251 e. The second-order valence-electron chi connectivity index (χ2n) is 5.77. The molecule has 18 heavy (non-hydrogen) atoms. The van der Waals surface area contributed by atoms with Gasteiger partial charge in [0.25, 0.3) is 5.91 Å². The monoisotopic (exact) mass is 244 g/mol. The van der Waals surface area contributed by atoms with E-state index in [1.54, 1.807) is 12.1 Å². The van der Waals surface area contributed by atoms with Crippen molar-refractivity contribution in [2.45, 2.75) is 25.7 Å². The summed E-state index contributed by atoms with van der Waals surface area (Å²) in [7, 11) is 0. The van der Waals surface area contributed by atoms with Crippen molar-refractivity contribution in [2.24, 2.45) is 17.8 Å². The van der Waals surface area contributed by atoms with Crippen LogP contribution in [0.2, 0.25) is 0 Å². The molecular formula is C15H20N2O. The number of fused-ring (bicyclic) bond motifs is 2. The second kappa shape index (κ2) is 4.63. The zero-order valence-corrected chi connectivity index (χ0v) is 10.6. The van der Waals surface area contributed by atoms with Crippen LogP contribution in [0.25, 0.3) is 0 Å². The van der Waals surface area contributed by atoms with E-state index in [1.807, 2.05) is 12.1 Å². The summed E-state index contributed by atoms with van der Waals surface area (Å²) in [5.74, 6) is 2.50. The van der Waals surface area contributed by atoms with Gasteiger partial charge in [0.1, 0.15) is 0 Å². The third-order valence-electron chi connectivity index (χ3n) is 4.56. The first-order valence-electron chi connectivity index (χ1n) is 6.86. The van der Waals surface area contributed by atoms with Crippen molar-refractivity contribution >= 4 is 11.6 Å². The van der Waals surface area contributed by atoms with Crippen molar-refractivity contribution in [3.63, 3.8) is 0 Å². The average molecular weight is 244 g/mol. The summed E-state index contributed by atoms with van der Waals surface area (Å²) >= 11 is 0. The van der Waals surface area contributed by atoms with Crippen LogP contribution in [0.15, 0.2) is 24.3 Å². The number of carbonyl (C=O) groups excluding carboxylic acids is 1. The molecule has 3 N–H and O–H groups in total. The number of nitrogen functional groups attached to an aromatic ring is 1. The molecule has 0 aromatic heterocycles. The number of rotatable bonds is 3. The molecule has 1 amide bonds. The van der Waals surface area contributed by atoms with Gasteiger partial charge in [0.05, 0.1) is 0 Å². The highest BCUT2D eigenvalue weighted by Crippen LogP contribution is 2.47. The van der Waals surface area contributed by atoms with Gasteiger partial charge in [0.15, 0.2) is 0 Å². The average Bonchev–Trinajstić information content (AvgIpc) is 2.98. The minimum Gasteiger partial charge on any atom is -0.399 e. The van der Waals surface area contributed by atoms with Gasteiger partial charge in [-0.1, -0.05) is 12.5 Å². The van der Waals surface area contributed by atoms with Crippen molar-refractivity contribution in [1.82, 2.24) is 5.32 Å². The van der Waals surface area contributed by atoms with Gasteiger partial charge in [-0.2, -0.15) is 0 Å². The van der Waals surface area contributed by atoms with E-state index < -0.39 is 0 Å². The molecule has 3 unspecified atom stereocenters. The molecule has 2 bridgehead atoms. The molecule has 1 aromatic carbocycles. The summed E-state index contributed by atoms with van der Waals surface area (Å²) in [5.41, 5.74) is 6.99. The van der Waals surface area contributed by atoms with Crippen LogP contribution < -0.4 is 11.1 Å². The fourth-order valence-corrected chi connectivity index (χ4v) is 3.63. The Bertz CT molecular complexity index is 458. The van der Waals surface area contributed by atoms with Gasteiger partial charge in [0, 0.05) is 17.8 Å². The van der Waals surface area contributed by atoms with Crippen LogP contribution in [-0.4, -0.2) is 12.5 Å². The van der Waals surface area contributed by atoms with Gasteiger partial charge in [-0.25, -0.2) is 0 Å². The summed E-state index contributed by atoms with van der Waals surface area (Å²) in [6, 6.07) is 7.16. The zero-order chi connectivity index (χ0) is 12.5. The van der Waals surface area contributed by atoms with Crippen LogP contribution in [0.5, 0.6) is 0 Å². The first kappa shape index (κ1) is 11.6. The number of nitrogens with two attached hydrogens (primary N) is 1. The molecule has 2 aliphatic rings. The van der Waals surface area contributed by atoms with Crippen LogP contribution in [0.4, 0.5) is 5.69 Å². The summed E-state index contributed by atoms with van der Waals surface area (Å²) in [6.45, 7) is 0.828. The molecule has 3 rings (SSSR count). The summed E-state index contributed by atoms with van der Waals surface area (Å²) < 4.78 is 0. The minimum absolute atomic E-state index is 0.00470. The van der Waals surface area contributed by atoms with Crippen LogP contribution in [0, 0.1) is 17.8 Å². The quantitative estimate of drug-likeness (QED) is 0.802. The highest BCUT2D eigenvalue weighted by atomic mass is 16.1. The Kier molecular flexibility index (Phi) is 2.98. The van der Waals surface area contributed by atoms with E-state index >= 15 is 0 Å². The largest absolute Gasteiger partial charge is 0.399 e. The summed E-state index contributed by atoms with van der Waals surface area (Å²) in [4.78, 5) is 12.0. The topological polar surface area (TPSA) is 55.1 Å². The maximum Gasteiger partial charge on any atom is 0.251 e. The van der Waals surface area contributed by atoms with E-state index in [0.717, 1.165) is 18.4 Å². The predicted octanol–water partition coefficient (Wildman–Crippen LogP) is 2.43. The Balaban J connectivity index is 1.56. The highest BCUT2D eigenvalue weighted by molar-refractivity contribution is 5.94. The number of hydrogen-bond donors (Lipinski definition) is 2. The first-order chi connectivity index (χ1) is 8.72. The number of benzene rings is 1. The lowest BCUT2D eigenvalue weighted by molar-refractivity contribution is 0.0942. The van der Waals surface area contributed by atoms with Crippen molar-refractivity contribution in [3.05, 3.63) is 29.8 Å². The van der Waals surface area contributed by atoms with E-state index in [4.69, 9.17) is 5.73 Å². The van der Waals surface area contributed by atoms with Gasteiger partial charge in [-0.15, -0.1) is 0 Å². The van der Waals surface area contributed by atoms with E-state index in [9.17, 15) is 4.79 Å². The molecule has 0 heterocycles. The van der Waals surface area contributed by atoms with Crippen molar-refractivity contribution in [2.75, 3.05) is 12.3 Å². The Hall–Kier alpha value is -1.51. The van der Waals surface area contributed by atoms with Gasteiger partial charge in [0.2, 0.25) is 0 Å². The van der Waals surface area contributed by atoms with Crippen molar-refractivity contribution < 1.29 is 4.79 Å². The number of anilines is 1. The lowest BCUT2D eigenvalue weighted by atomic mass is 9.89. The fourth-order valence-electron chi connectivity index (χ4n) is 3.63. The minimum atomic E-state index is 0.00470. The standard InChI is InChI=1S/C15H20N2O/c16-14-3-1-2-12(8-14)15(18)17-9-13-7-10-4-5-11(13)6-10/h1-3,8,10-11,13H,4-7,9,16H2,(H,17,18). The lowest BCUT2D eigenvalue weighted by Gasteiger charge is -2.21. The third-order valence-corrected chi connectivity index (χ3v) is 4.56. The predicted molar refractivity (Wildman–Crippen MR) is 72.1 cm³/mol. The van der Waals surface area contributed by atoms with Gasteiger partial charge < -0.3 is 11.1 Å². The molecule has 96 valence electrons. The SMILES string of the molecule is Nc1cccc(C(=O)NCC2CC3CCC2C3)c1. The molecule has 2 aliphatic carbocycles. The normalized spacial score (nSPS) is 29.4. The number of amides is 1. The van der Waals surface area contributed by atoms with Crippen molar-refractivity contribution in [1.29, 1.82) is 0 Å². The van der Waals surface area contributed by atoms with Gasteiger partial charge in [-0.3, -0.25) is 4.79 Å². The molecule has 3 heteroatoms. The van der Waals surface area contributed by atoms with Gasteiger partial charge in [-0.05, 0) is 55.2 Å². The summed E-state index contributed by atoms with van der Waals surface area (Å²) in [5, 5.41) is 3.06. The van der Waals surface area contributed by atoms with E-state index in [1.165, 1.54) is 25.7 Å². The fraction of sp³-hybridized carbons (Fsp3) is 0.533. The summed E-state index contributed by atoms with van der Waals surface area (Å²) in [6.07, 6.45) is 5.47. The van der Waals surface area contributed by atoms with Crippen LogP contribution in [0.1, 0.15) is 36.0 Å². The zero-order valence-electron chi connectivity index (χ0n) is 10.6. The van der Waals surface area contributed by atoms with E-state index in [2.05, 4.69) is 5.32 Å². The number of carbonyl (C=O) groups is 1. The van der Waals surface area contributed by atoms with E-state index in [0.29, 0.717) is 17.2 Å². The molecule has 2 fully saturated rings. The van der Waals surface area contributed by atoms with Crippen LogP contribution in [-0.2, 0) is 0 Å². The van der Waals surface area contributed by atoms with Crippen molar-refractivity contribution in [3.8, 4) is 0 Å². The Labute approximate surface area is 108 Å². The Morgan fingerprint density at radius 1 is 1.33 bits per heavy atom. The maximum atomic E-state index is 12.0. The maximum absolute atomic E-state index is 12.0. The number of hydrogen-bond acceptors (Lipinski definition) is 2. The second-order valence-corrected chi connectivity index (χ2v) is 5.77. The molecule has 1 aromatic rings. The van der Waals surface area contributed by atoms with E-state index in [-0.39, 0.29) is 5.91 Å². The highest BCUT2D eigenvalue weighted by Gasteiger charge is 2.39. The Morgan fingerprint density at radius 3 is 2.89 bits per heavy atom. The molecule has 0 spiro atoms.